The van der Waals surface area contributed by atoms with Crippen LogP contribution >= 0.6 is 11.3 Å². The summed E-state index contributed by atoms with van der Waals surface area (Å²) in [6.45, 7) is 5.42. The van der Waals surface area contributed by atoms with Crippen LogP contribution in [-0.4, -0.2) is 28.9 Å². The van der Waals surface area contributed by atoms with Crippen LogP contribution in [0.2, 0.25) is 0 Å². The van der Waals surface area contributed by atoms with E-state index in [4.69, 9.17) is 4.98 Å². The zero-order chi connectivity index (χ0) is 18.1. The van der Waals surface area contributed by atoms with Crippen LogP contribution in [0.25, 0.3) is 10.2 Å². The number of nitrogens with zero attached hydrogens (tertiary/aromatic N) is 2. The Balaban J connectivity index is 1.48. The number of fused-ring (bicyclic) bond motifs is 1. The SMILES string of the molecule is Cc1ccc(C)c(NC(=O)CN2CCC[C@@H]2c2nc3ccccc3s2)c1. The topological polar surface area (TPSA) is 45.2 Å². The number of amides is 1. The monoisotopic (exact) mass is 365 g/mol. The Morgan fingerprint density at radius 2 is 2.12 bits per heavy atom. The van der Waals surface area contributed by atoms with Crippen molar-refractivity contribution in [2.45, 2.75) is 32.7 Å². The number of aryl methyl sites for hydroxylation is 2. The normalized spacial score (nSPS) is 17.7. The first kappa shape index (κ1) is 17.2. The maximum absolute atomic E-state index is 12.6. The molecule has 134 valence electrons. The van der Waals surface area contributed by atoms with Crippen molar-refractivity contribution in [3.63, 3.8) is 0 Å². The fourth-order valence-electron chi connectivity index (χ4n) is 3.57. The third kappa shape index (κ3) is 3.50. The minimum atomic E-state index is 0.0479. The largest absolute Gasteiger partial charge is 0.325 e. The van der Waals surface area contributed by atoms with E-state index in [1.165, 1.54) is 4.70 Å². The summed E-state index contributed by atoms with van der Waals surface area (Å²) in [5.41, 5.74) is 4.21. The van der Waals surface area contributed by atoms with Crippen LogP contribution in [0.4, 0.5) is 5.69 Å². The van der Waals surface area contributed by atoms with Crippen molar-refractivity contribution in [3.8, 4) is 0 Å². The van der Waals surface area contributed by atoms with E-state index < -0.39 is 0 Å². The van der Waals surface area contributed by atoms with Gasteiger partial charge in [0, 0.05) is 5.69 Å². The van der Waals surface area contributed by atoms with Gasteiger partial charge < -0.3 is 5.32 Å². The molecule has 2 heterocycles. The van der Waals surface area contributed by atoms with E-state index in [2.05, 4.69) is 28.4 Å². The lowest BCUT2D eigenvalue weighted by atomic mass is 10.1. The van der Waals surface area contributed by atoms with Gasteiger partial charge in [-0.05, 0) is 62.6 Å². The number of hydrogen-bond donors (Lipinski definition) is 1. The Kier molecular flexibility index (Phi) is 4.74. The van der Waals surface area contributed by atoms with Crippen LogP contribution < -0.4 is 5.32 Å². The highest BCUT2D eigenvalue weighted by Crippen LogP contribution is 2.36. The molecule has 1 aliphatic heterocycles. The number of carbonyl (C=O) groups excluding carboxylic acids is 1. The zero-order valence-electron chi connectivity index (χ0n) is 15.2. The molecule has 1 aromatic heterocycles. The van der Waals surface area contributed by atoms with Crippen molar-refractivity contribution in [3.05, 3.63) is 58.6 Å². The van der Waals surface area contributed by atoms with E-state index in [1.54, 1.807) is 11.3 Å². The second-order valence-electron chi connectivity index (χ2n) is 7.01. The van der Waals surface area contributed by atoms with Crippen molar-refractivity contribution in [2.24, 2.45) is 0 Å². The summed E-state index contributed by atoms with van der Waals surface area (Å²) in [7, 11) is 0. The van der Waals surface area contributed by atoms with Crippen LogP contribution in [0.15, 0.2) is 42.5 Å². The average molecular weight is 366 g/mol. The molecule has 1 aliphatic rings. The number of anilines is 1. The molecule has 1 amide bonds. The highest BCUT2D eigenvalue weighted by molar-refractivity contribution is 7.18. The lowest BCUT2D eigenvalue weighted by Crippen LogP contribution is -2.33. The molecule has 0 unspecified atom stereocenters. The van der Waals surface area contributed by atoms with Gasteiger partial charge in [0.25, 0.3) is 0 Å². The van der Waals surface area contributed by atoms with Gasteiger partial charge in [-0.25, -0.2) is 4.98 Å². The van der Waals surface area contributed by atoms with E-state index in [-0.39, 0.29) is 11.9 Å². The van der Waals surface area contributed by atoms with Gasteiger partial charge in [0.05, 0.1) is 22.8 Å². The molecule has 2 aromatic carbocycles. The number of likely N-dealkylation sites (tertiary alicyclic amines) is 1. The number of carbonyl (C=O) groups is 1. The van der Waals surface area contributed by atoms with Crippen molar-refractivity contribution in [1.29, 1.82) is 0 Å². The summed E-state index contributed by atoms with van der Waals surface area (Å²) in [6.07, 6.45) is 2.17. The van der Waals surface area contributed by atoms with Gasteiger partial charge in [-0.1, -0.05) is 24.3 Å². The zero-order valence-corrected chi connectivity index (χ0v) is 16.0. The Labute approximate surface area is 157 Å². The number of nitrogens with one attached hydrogen (secondary N) is 1. The second kappa shape index (κ2) is 7.17. The number of hydrogen-bond acceptors (Lipinski definition) is 4. The Hall–Kier alpha value is -2.24. The summed E-state index contributed by atoms with van der Waals surface area (Å²) >= 11 is 1.75. The van der Waals surface area contributed by atoms with Gasteiger partial charge in [0.2, 0.25) is 5.91 Å². The number of thiazole rings is 1. The molecule has 0 spiro atoms. The average Bonchev–Trinajstić information content (AvgIpc) is 3.24. The number of benzene rings is 2. The summed E-state index contributed by atoms with van der Waals surface area (Å²) in [6, 6.07) is 14.6. The molecule has 1 saturated heterocycles. The van der Waals surface area contributed by atoms with Crippen molar-refractivity contribution >= 4 is 33.1 Å². The van der Waals surface area contributed by atoms with Crippen molar-refractivity contribution < 1.29 is 4.79 Å². The van der Waals surface area contributed by atoms with Crippen molar-refractivity contribution in [2.75, 3.05) is 18.4 Å². The van der Waals surface area contributed by atoms with Crippen LogP contribution in [0.5, 0.6) is 0 Å². The fraction of sp³-hybridized carbons (Fsp3) is 0.333. The third-order valence-corrected chi connectivity index (χ3v) is 6.11. The molecule has 1 N–H and O–H groups in total. The molecular weight excluding hydrogens is 342 g/mol. The summed E-state index contributed by atoms with van der Waals surface area (Å²) in [5.74, 6) is 0.0479. The molecule has 0 saturated carbocycles. The highest BCUT2D eigenvalue weighted by atomic mass is 32.1. The standard InChI is InChI=1S/C21H23N3OS/c1-14-9-10-15(2)17(12-14)22-20(25)13-24-11-5-7-18(24)21-23-16-6-3-4-8-19(16)26-21/h3-4,6,8-10,12,18H,5,7,11,13H2,1-2H3,(H,22,25)/t18-/m1/s1. The predicted molar refractivity (Wildman–Crippen MR) is 108 cm³/mol. The molecule has 3 aromatic rings. The van der Waals surface area contributed by atoms with E-state index in [0.29, 0.717) is 6.54 Å². The van der Waals surface area contributed by atoms with Crippen molar-refractivity contribution in [1.82, 2.24) is 9.88 Å². The molecule has 4 nitrogen and oxygen atoms in total. The highest BCUT2D eigenvalue weighted by Gasteiger charge is 2.30. The first-order valence-corrected chi connectivity index (χ1v) is 9.88. The number of rotatable bonds is 4. The van der Waals surface area contributed by atoms with Gasteiger partial charge in [0.15, 0.2) is 0 Å². The van der Waals surface area contributed by atoms with E-state index >= 15 is 0 Å². The minimum Gasteiger partial charge on any atom is -0.325 e. The maximum Gasteiger partial charge on any atom is 0.238 e. The van der Waals surface area contributed by atoms with Crippen LogP contribution in [0, 0.1) is 13.8 Å². The first-order chi connectivity index (χ1) is 12.6. The Bertz CT molecular complexity index is 916. The lowest BCUT2D eigenvalue weighted by Gasteiger charge is -2.22. The maximum atomic E-state index is 12.6. The van der Waals surface area contributed by atoms with Crippen LogP contribution in [-0.2, 0) is 4.79 Å². The minimum absolute atomic E-state index is 0.0479. The molecule has 4 rings (SSSR count). The lowest BCUT2D eigenvalue weighted by molar-refractivity contribution is -0.117. The molecular formula is C21H23N3OS. The Morgan fingerprint density at radius 1 is 1.27 bits per heavy atom. The van der Waals surface area contributed by atoms with Gasteiger partial charge >= 0.3 is 0 Å². The van der Waals surface area contributed by atoms with E-state index in [0.717, 1.165) is 46.7 Å². The van der Waals surface area contributed by atoms with Gasteiger partial charge in [-0.3, -0.25) is 9.69 Å². The predicted octanol–water partition coefficient (Wildman–Crippen LogP) is 4.69. The Morgan fingerprint density at radius 3 is 2.96 bits per heavy atom. The number of para-hydroxylation sites is 1. The third-order valence-electron chi connectivity index (χ3n) is 4.97. The first-order valence-electron chi connectivity index (χ1n) is 9.07. The molecule has 1 fully saturated rings. The molecule has 0 aliphatic carbocycles. The quantitative estimate of drug-likeness (QED) is 0.729. The smallest absolute Gasteiger partial charge is 0.238 e. The van der Waals surface area contributed by atoms with Crippen LogP contribution in [0.1, 0.15) is 35.0 Å². The van der Waals surface area contributed by atoms with E-state index in [1.807, 2.05) is 38.1 Å². The molecule has 1 atom stereocenters. The van der Waals surface area contributed by atoms with Gasteiger partial charge in [-0.2, -0.15) is 0 Å². The number of aromatic nitrogens is 1. The molecule has 0 radical (unpaired) electrons. The molecule has 26 heavy (non-hydrogen) atoms. The van der Waals surface area contributed by atoms with Gasteiger partial charge in [-0.15, -0.1) is 11.3 Å². The molecule has 0 bridgehead atoms. The van der Waals surface area contributed by atoms with Crippen LogP contribution in [0.3, 0.4) is 0 Å². The van der Waals surface area contributed by atoms with E-state index in [9.17, 15) is 4.79 Å². The summed E-state index contributed by atoms with van der Waals surface area (Å²) < 4.78 is 1.22. The molecule has 5 heteroatoms. The second-order valence-corrected chi connectivity index (χ2v) is 8.08. The summed E-state index contributed by atoms with van der Waals surface area (Å²) in [4.78, 5) is 19.7. The summed E-state index contributed by atoms with van der Waals surface area (Å²) in [5, 5.41) is 4.21. The fourth-order valence-corrected chi connectivity index (χ4v) is 4.71. The van der Waals surface area contributed by atoms with Gasteiger partial charge in [0.1, 0.15) is 5.01 Å².